The molecule has 0 saturated carbocycles. The van der Waals surface area contributed by atoms with E-state index in [-0.39, 0.29) is 5.91 Å². The van der Waals surface area contributed by atoms with E-state index in [9.17, 15) is 4.79 Å². The van der Waals surface area contributed by atoms with E-state index in [2.05, 4.69) is 4.90 Å². The van der Waals surface area contributed by atoms with Crippen molar-refractivity contribution in [3.8, 4) is 0 Å². The van der Waals surface area contributed by atoms with E-state index in [1.165, 1.54) is 11.3 Å². The SMILES string of the molecule is CN(C)CCCN(C)C(=O)c1sccc1N. The first-order valence-corrected chi connectivity index (χ1v) is 6.13. The van der Waals surface area contributed by atoms with Crippen molar-refractivity contribution < 1.29 is 4.79 Å². The molecule has 0 saturated heterocycles. The Morgan fingerprint density at radius 1 is 1.38 bits per heavy atom. The summed E-state index contributed by atoms with van der Waals surface area (Å²) in [5, 5.41) is 1.84. The van der Waals surface area contributed by atoms with Crippen molar-refractivity contribution in [3.05, 3.63) is 16.3 Å². The van der Waals surface area contributed by atoms with Crippen LogP contribution in [0, 0.1) is 0 Å². The summed E-state index contributed by atoms with van der Waals surface area (Å²) in [4.78, 5) is 16.4. The van der Waals surface area contributed by atoms with Gasteiger partial charge in [-0.1, -0.05) is 0 Å². The fourth-order valence-corrected chi connectivity index (χ4v) is 2.20. The summed E-state index contributed by atoms with van der Waals surface area (Å²) in [6.45, 7) is 1.74. The van der Waals surface area contributed by atoms with Gasteiger partial charge in [0.05, 0.1) is 5.69 Å². The van der Waals surface area contributed by atoms with Crippen LogP contribution in [0.4, 0.5) is 5.69 Å². The van der Waals surface area contributed by atoms with Gasteiger partial charge in [-0.15, -0.1) is 11.3 Å². The standard InChI is InChI=1S/C11H19N3OS/c1-13(2)6-4-7-14(3)11(15)10-9(12)5-8-16-10/h5,8H,4,6-7,12H2,1-3H3. The van der Waals surface area contributed by atoms with Crippen molar-refractivity contribution in [2.24, 2.45) is 0 Å². The summed E-state index contributed by atoms with van der Waals surface area (Å²) in [6.07, 6.45) is 0.973. The molecule has 0 unspecified atom stereocenters. The van der Waals surface area contributed by atoms with Crippen molar-refractivity contribution in [1.82, 2.24) is 9.80 Å². The average molecular weight is 241 g/mol. The van der Waals surface area contributed by atoms with E-state index in [4.69, 9.17) is 5.73 Å². The monoisotopic (exact) mass is 241 g/mol. The molecule has 1 amide bonds. The maximum Gasteiger partial charge on any atom is 0.265 e. The molecule has 90 valence electrons. The molecule has 0 aliphatic heterocycles. The average Bonchev–Trinajstić information content (AvgIpc) is 2.62. The van der Waals surface area contributed by atoms with Gasteiger partial charge in [-0.3, -0.25) is 4.79 Å². The van der Waals surface area contributed by atoms with Crippen LogP contribution in [0.15, 0.2) is 11.4 Å². The lowest BCUT2D eigenvalue weighted by Crippen LogP contribution is -2.29. The molecule has 1 aromatic rings. The number of hydrogen-bond acceptors (Lipinski definition) is 4. The zero-order valence-corrected chi connectivity index (χ0v) is 10.9. The van der Waals surface area contributed by atoms with Crippen LogP contribution in [0.2, 0.25) is 0 Å². The summed E-state index contributed by atoms with van der Waals surface area (Å²) in [5.74, 6) is 0.0197. The van der Waals surface area contributed by atoms with Crippen LogP contribution in [0.3, 0.4) is 0 Å². The highest BCUT2D eigenvalue weighted by Gasteiger charge is 2.15. The van der Waals surface area contributed by atoms with Crippen molar-refractivity contribution in [1.29, 1.82) is 0 Å². The zero-order valence-electron chi connectivity index (χ0n) is 10.1. The van der Waals surface area contributed by atoms with Gasteiger partial charge in [0, 0.05) is 13.6 Å². The normalized spacial score (nSPS) is 10.8. The number of carbonyl (C=O) groups excluding carboxylic acids is 1. The minimum atomic E-state index is 0.0197. The van der Waals surface area contributed by atoms with Gasteiger partial charge in [0.15, 0.2) is 0 Å². The van der Waals surface area contributed by atoms with Crippen LogP contribution < -0.4 is 5.73 Å². The molecule has 0 atom stereocenters. The molecule has 0 aliphatic rings. The highest BCUT2D eigenvalue weighted by molar-refractivity contribution is 7.12. The first kappa shape index (κ1) is 13.0. The smallest absolute Gasteiger partial charge is 0.265 e. The Balaban J connectivity index is 2.46. The number of thiophene rings is 1. The summed E-state index contributed by atoms with van der Waals surface area (Å²) >= 11 is 1.40. The summed E-state index contributed by atoms with van der Waals surface area (Å²) in [7, 11) is 5.87. The van der Waals surface area contributed by atoms with Gasteiger partial charge in [-0.25, -0.2) is 0 Å². The van der Waals surface area contributed by atoms with E-state index in [1.807, 2.05) is 26.5 Å². The van der Waals surface area contributed by atoms with Gasteiger partial charge in [0.1, 0.15) is 4.88 Å². The fourth-order valence-electron chi connectivity index (χ4n) is 1.39. The number of nitrogens with two attached hydrogens (primary N) is 1. The maximum absolute atomic E-state index is 11.9. The zero-order chi connectivity index (χ0) is 12.1. The Kier molecular flexibility index (Phi) is 4.76. The highest BCUT2D eigenvalue weighted by Crippen LogP contribution is 2.20. The summed E-state index contributed by atoms with van der Waals surface area (Å²) < 4.78 is 0. The summed E-state index contributed by atoms with van der Waals surface area (Å²) in [5.41, 5.74) is 6.29. The number of hydrogen-bond donors (Lipinski definition) is 1. The van der Waals surface area contributed by atoms with Crippen molar-refractivity contribution >= 4 is 22.9 Å². The number of anilines is 1. The second-order valence-corrected chi connectivity index (χ2v) is 5.00. The fraction of sp³-hybridized carbons (Fsp3) is 0.545. The lowest BCUT2D eigenvalue weighted by molar-refractivity contribution is 0.0796. The van der Waals surface area contributed by atoms with Crippen LogP contribution in [0.5, 0.6) is 0 Å². The largest absolute Gasteiger partial charge is 0.397 e. The first-order valence-electron chi connectivity index (χ1n) is 5.25. The topological polar surface area (TPSA) is 49.6 Å². The Hall–Kier alpha value is -1.07. The molecule has 16 heavy (non-hydrogen) atoms. The van der Waals surface area contributed by atoms with Crippen LogP contribution in [0.25, 0.3) is 0 Å². The van der Waals surface area contributed by atoms with Gasteiger partial charge in [0.25, 0.3) is 5.91 Å². The van der Waals surface area contributed by atoms with Gasteiger partial charge in [-0.05, 0) is 38.5 Å². The molecule has 0 fully saturated rings. The molecule has 1 heterocycles. The quantitative estimate of drug-likeness (QED) is 0.846. The van der Waals surface area contributed by atoms with E-state index in [0.717, 1.165) is 19.5 Å². The predicted molar refractivity (Wildman–Crippen MR) is 68.9 cm³/mol. The molecule has 0 aromatic carbocycles. The van der Waals surface area contributed by atoms with Gasteiger partial charge >= 0.3 is 0 Å². The molecule has 2 N–H and O–H groups in total. The molecule has 0 bridgehead atoms. The minimum absolute atomic E-state index is 0.0197. The lowest BCUT2D eigenvalue weighted by atomic mass is 10.3. The van der Waals surface area contributed by atoms with Gasteiger partial charge in [-0.2, -0.15) is 0 Å². The Bertz CT molecular complexity index is 349. The third-order valence-corrected chi connectivity index (χ3v) is 3.25. The Morgan fingerprint density at radius 2 is 2.06 bits per heavy atom. The van der Waals surface area contributed by atoms with E-state index in [0.29, 0.717) is 10.6 Å². The maximum atomic E-state index is 11.9. The third kappa shape index (κ3) is 3.50. The van der Waals surface area contributed by atoms with Gasteiger partial charge < -0.3 is 15.5 Å². The van der Waals surface area contributed by atoms with E-state index >= 15 is 0 Å². The Labute approximate surface area is 101 Å². The highest BCUT2D eigenvalue weighted by atomic mass is 32.1. The molecule has 4 nitrogen and oxygen atoms in total. The first-order chi connectivity index (χ1) is 7.52. The van der Waals surface area contributed by atoms with Crippen molar-refractivity contribution in [2.45, 2.75) is 6.42 Å². The van der Waals surface area contributed by atoms with E-state index in [1.54, 1.807) is 11.0 Å². The van der Waals surface area contributed by atoms with Crippen LogP contribution >= 0.6 is 11.3 Å². The second-order valence-electron chi connectivity index (χ2n) is 4.09. The predicted octanol–water partition coefficient (Wildman–Crippen LogP) is 1.35. The molecule has 0 spiro atoms. The molecule has 1 rings (SSSR count). The Morgan fingerprint density at radius 3 is 2.56 bits per heavy atom. The van der Waals surface area contributed by atoms with E-state index < -0.39 is 0 Å². The van der Waals surface area contributed by atoms with Crippen molar-refractivity contribution in [2.75, 3.05) is 40.0 Å². The molecule has 1 aromatic heterocycles. The van der Waals surface area contributed by atoms with Crippen molar-refractivity contribution in [3.63, 3.8) is 0 Å². The second kappa shape index (κ2) is 5.86. The third-order valence-electron chi connectivity index (χ3n) is 2.34. The number of nitrogen functional groups attached to an aromatic ring is 1. The molecular formula is C11H19N3OS. The molecule has 0 radical (unpaired) electrons. The van der Waals surface area contributed by atoms with Gasteiger partial charge in [0.2, 0.25) is 0 Å². The number of rotatable bonds is 5. The number of amides is 1. The molecule has 0 aliphatic carbocycles. The minimum Gasteiger partial charge on any atom is -0.397 e. The lowest BCUT2D eigenvalue weighted by Gasteiger charge is -2.18. The van der Waals surface area contributed by atoms with Crippen LogP contribution in [0.1, 0.15) is 16.1 Å². The number of carbonyl (C=O) groups is 1. The van der Waals surface area contributed by atoms with Crippen LogP contribution in [-0.2, 0) is 0 Å². The molecule has 5 heteroatoms. The molecular weight excluding hydrogens is 222 g/mol. The number of nitrogens with zero attached hydrogens (tertiary/aromatic N) is 2. The summed E-state index contributed by atoms with van der Waals surface area (Å²) in [6, 6.07) is 1.77. The van der Waals surface area contributed by atoms with Crippen LogP contribution in [-0.4, -0.2) is 49.9 Å².